The summed E-state index contributed by atoms with van der Waals surface area (Å²) >= 11 is 0. The van der Waals surface area contributed by atoms with Crippen LogP contribution in [0.1, 0.15) is 25.5 Å². The van der Waals surface area contributed by atoms with Gasteiger partial charge in [-0.15, -0.1) is 0 Å². The van der Waals surface area contributed by atoms with Crippen molar-refractivity contribution in [3.63, 3.8) is 0 Å². The van der Waals surface area contributed by atoms with Crippen molar-refractivity contribution in [3.8, 4) is 11.4 Å². The van der Waals surface area contributed by atoms with E-state index in [0.717, 1.165) is 36.5 Å². The summed E-state index contributed by atoms with van der Waals surface area (Å²) in [6.07, 6.45) is 10.3. The molecule has 1 aliphatic heterocycles. The monoisotopic (exact) mass is 414 g/mol. The van der Waals surface area contributed by atoms with Crippen LogP contribution in [-0.2, 0) is 23.1 Å². The van der Waals surface area contributed by atoms with Gasteiger partial charge >= 0.3 is 0 Å². The van der Waals surface area contributed by atoms with Crippen molar-refractivity contribution in [1.82, 2.24) is 28.6 Å². The molecule has 0 bridgehead atoms. The molecule has 0 amide bonds. The van der Waals surface area contributed by atoms with Crippen LogP contribution in [0, 0.1) is 12.8 Å². The standard InChI is InChI=1S/C20H26N6O2S/c1-3-24-15-19(12-23-24)29(27,28)25-10-4-5-17(13-25)14-26-16(2)11-22-20(26)18-6-8-21-9-7-18/h6-9,11-12,15,17H,3-5,10,13-14H2,1-2H3. The van der Waals surface area contributed by atoms with Gasteiger partial charge in [-0.05, 0) is 44.7 Å². The molecule has 4 rings (SSSR count). The molecule has 0 aliphatic carbocycles. The normalized spacial score (nSPS) is 18.2. The SMILES string of the molecule is CCn1cc(S(=O)(=O)N2CCCC(Cn3c(C)cnc3-c3ccncc3)C2)cn1. The largest absolute Gasteiger partial charge is 0.328 e. The number of hydrogen-bond donors (Lipinski definition) is 0. The third kappa shape index (κ3) is 3.97. The number of nitrogens with zero attached hydrogens (tertiary/aromatic N) is 6. The predicted octanol–water partition coefficient (Wildman–Crippen LogP) is 2.57. The summed E-state index contributed by atoms with van der Waals surface area (Å²) in [5.41, 5.74) is 2.08. The Kier molecular flexibility index (Phi) is 5.51. The van der Waals surface area contributed by atoms with E-state index in [4.69, 9.17) is 0 Å². The number of sulfonamides is 1. The second kappa shape index (κ2) is 8.08. The summed E-state index contributed by atoms with van der Waals surface area (Å²) < 4.78 is 31.6. The summed E-state index contributed by atoms with van der Waals surface area (Å²) in [5, 5.41) is 4.13. The Morgan fingerprint density at radius 2 is 2.00 bits per heavy atom. The van der Waals surface area contributed by atoms with Crippen LogP contribution >= 0.6 is 0 Å². The van der Waals surface area contributed by atoms with E-state index in [0.29, 0.717) is 19.6 Å². The van der Waals surface area contributed by atoms with Gasteiger partial charge in [0.2, 0.25) is 10.0 Å². The number of aryl methyl sites for hydroxylation is 2. The maximum atomic E-state index is 13.1. The van der Waals surface area contributed by atoms with Gasteiger partial charge in [-0.3, -0.25) is 9.67 Å². The molecular formula is C20H26N6O2S. The fourth-order valence-electron chi connectivity index (χ4n) is 3.88. The molecule has 0 spiro atoms. The van der Waals surface area contributed by atoms with Crippen molar-refractivity contribution in [1.29, 1.82) is 0 Å². The van der Waals surface area contributed by atoms with Crippen LogP contribution in [0.3, 0.4) is 0 Å². The smallest absolute Gasteiger partial charge is 0.246 e. The zero-order valence-corrected chi connectivity index (χ0v) is 17.6. The summed E-state index contributed by atoms with van der Waals surface area (Å²) in [4.78, 5) is 8.93. The van der Waals surface area contributed by atoms with Crippen LogP contribution in [-0.4, -0.2) is 50.1 Å². The molecule has 1 fully saturated rings. The van der Waals surface area contributed by atoms with Gasteiger partial charge in [-0.1, -0.05) is 0 Å². The summed E-state index contributed by atoms with van der Waals surface area (Å²) in [6.45, 7) is 6.42. The number of piperidine rings is 1. The van der Waals surface area contributed by atoms with Gasteiger partial charge < -0.3 is 4.57 Å². The highest BCUT2D eigenvalue weighted by Gasteiger charge is 2.31. The highest BCUT2D eigenvalue weighted by molar-refractivity contribution is 7.89. The van der Waals surface area contributed by atoms with Crippen molar-refractivity contribution in [2.75, 3.05) is 13.1 Å². The Bertz CT molecular complexity index is 1070. The molecular weight excluding hydrogens is 388 g/mol. The Hall–Kier alpha value is -2.52. The van der Waals surface area contributed by atoms with E-state index in [9.17, 15) is 8.42 Å². The quantitative estimate of drug-likeness (QED) is 0.619. The number of hydrogen-bond acceptors (Lipinski definition) is 5. The zero-order valence-electron chi connectivity index (χ0n) is 16.8. The first-order chi connectivity index (χ1) is 14.0. The van der Waals surface area contributed by atoms with E-state index < -0.39 is 10.0 Å². The molecule has 1 saturated heterocycles. The number of pyridine rings is 1. The molecule has 0 N–H and O–H groups in total. The molecule has 8 nitrogen and oxygen atoms in total. The lowest BCUT2D eigenvalue weighted by atomic mass is 9.99. The van der Waals surface area contributed by atoms with Crippen LogP contribution < -0.4 is 0 Å². The molecule has 154 valence electrons. The van der Waals surface area contributed by atoms with Crippen molar-refractivity contribution in [2.45, 2.75) is 44.7 Å². The van der Waals surface area contributed by atoms with Gasteiger partial charge in [-0.25, -0.2) is 13.4 Å². The van der Waals surface area contributed by atoms with E-state index in [1.807, 2.05) is 32.2 Å². The van der Waals surface area contributed by atoms with E-state index in [1.54, 1.807) is 27.6 Å². The molecule has 4 heterocycles. The Morgan fingerprint density at radius 3 is 2.72 bits per heavy atom. The van der Waals surface area contributed by atoms with Gasteiger partial charge in [0.1, 0.15) is 10.7 Å². The summed E-state index contributed by atoms with van der Waals surface area (Å²) in [6, 6.07) is 3.89. The lowest BCUT2D eigenvalue weighted by Crippen LogP contribution is -2.41. The molecule has 9 heteroatoms. The second-order valence-corrected chi connectivity index (χ2v) is 9.41. The van der Waals surface area contributed by atoms with Crippen molar-refractivity contribution >= 4 is 10.0 Å². The molecule has 3 aromatic heterocycles. The first-order valence-corrected chi connectivity index (χ1v) is 11.4. The lowest BCUT2D eigenvalue weighted by Gasteiger charge is -2.32. The minimum Gasteiger partial charge on any atom is -0.328 e. The Morgan fingerprint density at radius 1 is 1.21 bits per heavy atom. The van der Waals surface area contributed by atoms with E-state index in [2.05, 4.69) is 19.6 Å². The molecule has 0 aromatic carbocycles. The van der Waals surface area contributed by atoms with E-state index in [1.165, 1.54) is 6.20 Å². The van der Waals surface area contributed by atoms with Gasteiger partial charge in [0.25, 0.3) is 0 Å². The topological polar surface area (TPSA) is 85.9 Å². The Balaban J connectivity index is 1.54. The fourth-order valence-corrected chi connectivity index (χ4v) is 5.38. The van der Waals surface area contributed by atoms with Crippen LogP contribution in [0.5, 0.6) is 0 Å². The van der Waals surface area contributed by atoms with Crippen LogP contribution in [0.2, 0.25) is 0 Å². The first kappa shape index (κ1) is 19.8. The van der Waals surface area contributed by atoms with Gasteiger partial charge in [0.05, 0.1) is 6.20 Å². The minimum absolute atomic E-state index is 0.230. The molecule has 1 aliphatic rings. The summed E-state index contributed by atoms with van der Waals surface area (Å²) in [5.74, 6) is 1.13. The molecule has 1 atom stereocenters. The third-order valence-electron chi connectivity index (χ3n) is 5.49. The van der Waals surface area contributed by atoms with Crippen LogP contribution in [0.4, 0.5) is 0 Å². The zero-order chi connectivity index (χ0) is 20.4. The predicted molar refractivity (Wildman–Crippen MR) is 110 cm³/mol. The van der Waals surface area contributed by atoms with E-state index in [-0.39, 0.29) is 10.8 Å². The molecule has 0 saturated carbocycles. The fraction of sp³-hybridized carbons (Fsp3) is 0.450. The lowest BCUT2D eigenvalue weighted by molar-refractivity contribution is 0.245. The molecule has 1 unspecified atom stereocenters. The molecule has 0 radical (unpaired) electrons. The van der Waals surface area contributed by atoms with Crippen molar-refractivity contribution < 1.29 is 8.42 Å². The number of rotatable bonds is 6. The van der Waals surface area contributed by atoms with Crippen LogP contribution in [0.25, 0.3) is 11.4 Å². The average Bonchev–Trinajstić information content (AvgIpc) is 3.37. The number of aromatic nitrogens is 5. The minimum atomic E-state index is -3.52. The summed E-state index contributed by atoms with van der Waals surface area (Å²) in [7, 11) is -3.52. The third-order valence-corrected chi connectivity index (χ3v) is 7.31. The number of imidazole rings is 1. The Labute approximate surface area is 171 Å². The van der Waals surface area contributed by atoms with Crippen molar-refractivity contribution in [2.24, 2.45) is 5.92 Å². The average molecular weight is 415 g/mol. The van der Waals surface area contributed by atoms with Gasteiger partial charge in [-0.2, -0.15) is 9.40 Å². The molecule has 29 heavy (non-hydrogen) atoms. The van der Waals surface area contributed by atoms with E-state index >= 15 is 0 Å². The van der Waals surface area contributed by atoms with Gasteiger partial charge in [0.15, 0.2) is 0 Å². The highest BCUT2D eigenvalue weighted by atomic mass is 32.2. The maximum Gasteiger partial charge on any atom is 0.246 e. The van der Waals surface area contributed by atoms with Crippen molar-refractivity contribution in [3.05, 3.63) is 48.8 Å². The van der Waals surface area contributed by atoms with Gasteiger partial charge in [0, 0.05) is 62.2 Å². The second-order valence-electron chi connectivity index (χ2n) is 7.47. The van der Waals surface area contributed by atoms with Crippen LogP contribution in [0.15, 0.2) is 48.0 Å². The maximum absolute atomic E-state index is 13.1. The first-order valence-electron chi connectivity index (χ1n) is 9.94. The molecule has 3 aromatic rings. The highest BCUT2D eigenvalue weighted by Crippen LogP contribution is 2.27.